The highest BCUT2D eigenvalue weighted by atomic mass is 35.5. The summed E-state index contributed by atoms with van der Waals surface area (Å²) in [5.41, 5.74) is -11.8. The SMILES string of the molecule is O=C(Nc1c(Cl)cc(C(F)(C(F)(F)F)C(F)(F)C(F)(F)F)cc1Cl)c1cccc([N+](=O)[O-])c1F. The zero-order chi connectivity index (χ0) is 26.4. The monoisotopic (exact) mass is 546 g/mol. The molecule has 0 radical (unpaired) electrons. The molecule has 0 aliphatic heterocycles. The molecule has 1 atom stereocenters. The molecule has 0 spiro atoms. The minimum absolute atomic E-state index is 0.292. The number of benzene rings is 2. The molecule has 5 nitrogen and oxygen atoms in total. The molecule has 0 saturated heterocycles. The minimum Gasteiger partial charge on any atom is -0.319 e. The molecule has 0 aliphatic rings. The zero-order valence-electron chi connectivity index (χ0n) is 15.6. The van der Waals surface area contributed by atoms with Gasteiger partial charge in [-0.2, -0.15) is 39.5 Å². The molecule has 1 unspecified atom stereocenters. The summed E-state index contributed by atoms with van der Waals surface area (Å²) >= 11 is 11.1. The van der Waals surface area contributed by atoms with Crippen LogP contribution in [0.25, 0.3) is 0 Å². The summed E-state index contributed by atoms with van der Waals surface area (Å²) in [5, 5.41) is 9.97. The maximum absolute atomic E-state index is 14.6. The van der Waals surface area contributed by atoms with E-state index in [4.69, 9.17) is 23.2 Å². The van der Waals surface area contributed by atoms with Crippen molar-refractivity contribution in [2.75, 3.05) is 5.32 Å². The van der Waals surface area contributed by atoms with Crippen molar-refractivity contribution < 1.29 is 53.6 Å². The van der Waals surface area contributed by atoms with E-state index >= 15 is 0 Å². The van der Waals surface area contributed by atoms with Crippen LogP contribution < -0.4 is 5.32 Å². The van der Waals surface area contributed by atoms with Crippen LogP contribution >= 0.6 is 23.2 Å². The number of rotatable bonds is 5. The third-order valence-corrected chi connectivity index (χ3v) is 4.87. The average Bonchev–Trinajstić information content (AvgIpc) is 2.67. The predicted octanol–water partition coefficient (Wildman–Crippen LogP) is 7.22. The molecule has 186 valence electrons. The van der Waals surface area contributed by atoms with Crippen LogP contribution in [0.3, 0.4) is 0 Å². The van der Waals surface area contributed by atoms with Crippen LogP contribution in [0, 0.1) is 15.9 Å². The van der Waals surface area contributed by atoms with E-state index in [0.29, 0.717) is 6.07 Å². The number of carbonyl (C=O) groups is 1. The van der Waals surface area contributed by atoms with Crippen LogP contribution in [0.5, 0.6) is 0 Å². The molecular formula is C17H6Cl2F10N2O3. The fraction of sp³-hybridized carbons (Fsp3) is 0.235. The number of halogens is 12. The standard InChI is InChI=1S/C17H6Cl2F10N2O3/c18-8-4-6(14(21,16(24,25)26)15(22,23)17(27,28)29)5-9(19)12(8)30-13(32)7-2-1-3-10(11(7)20)31(33)34/h1-5H,(H,30,32). The van der Waals surface area contributed by atoms with Crippen molar-refractivity contribution in [3.05, 3.63) is 67.4 Å². The van der Waals surface area contributed by atoms with Crippen LogP contribution in [-0.2, 0) is 5.67 Å². The van der Waals surface area contributed by atoms with Crippen LogP contribution in [0.15, 0.2) is 30.3 Å². The Hall–Kier alpha value is -2.81. The fourth-order valence-corrected chi connectivity index (χ4v) is 3.21. The van der Waals surface area contributed by atoms with Crippen molar-refractivity contribution in [1.82, 2.24) is 0 Å². The maximum Gasteiger partial charge on any atom is 0.457 e. The first-order valence-corrected chi connectivity index (χ1v) is 8.97. The van der Waals surface area contributed by atoms with Crippen molar-refractivity contribution >= 4 is 40.5 Å². The number of amides is 1. The van der Waals surface area contributed by atoms with E-state index in [9.17, 15) is 58.8 Å². The highest BCUT2D eigenvalue weighted by Gasteiger charge is 2.81. The van der Waals surface area contributed by atoms with Crippen LogP contribution in [0.1, 0.15) is 15.9 Å². The number of nitrogens with one attached hydrogen (secondary N) is 1. The molecule has 34 heavy (non-hydrogen) atoms. The number of carbonyl (C=O) groups excluding carboxylic acids is 1. The molecule has 2 rings (SSSR count). The number of alkyl halides is 9. The number of hydrogen-bond acceptors (Lipinski definition) is 3. The highest BCUT2D eigenvalue weighted by Crippen LogP contribution is 2.59. The summed E-state index contributed by atoms with van der Waals surface area (Å²) in [5.74, 6) is -10.2. The molecule has 0 aromatic heterocycles. The van der Waals surface area contributed by atoms with Crippen molar-refractivity contribution in [2.24, 2.45) is 0 Å². The predicted molar refractivity (Wildman–Crippen MR) is 97.3 cm³/mol. The topological polar surface area (TPSA) is 72.2 Å². The molecule has 2 aromatic rings. The van der Waals surface area contributed by atoms with Crippen molar-refractivity contribution in [2.45, 2.75) is 23.9 Å². The zero-order valence-corrected chi connectivity index (χ0v) is 17.1. The first-order chi connectivity index (χ1) is 15.3. The Kier molecular flexibility index (Phi) is 7.07. The lowest BCUT2D eigenvalue weighted by Gasteiger charge is -2.36. The molecule has 1 amide bonds. The van der Waals surface area contributed by atoms with Gasteiger partial charge >= 0.3 is 29.6 Å². The molecular weight excluding hydrogens is 541 g/mol. The molecule has 1 N–H and O–H groups in total. The second-order valence-electron chi connectivity index (χ2n) is 6.39. The first kappa shape index (κ1) is 27.4. The third-order valence-electron chi connectivity index (χ3n) is 4.28. The Morgan fingerprint density at radius 1 is 0.912 bits per heavy atom. The van der Waals surface area contributed by atoms with Gasteiger partial charge in [-0.1, -0.05) is 29.3 Å². The van der Waals surface area contributed by atoms with Gasteiger partial charge in [-0.3, -0.25) is 14.9 Å². The van der Waals surface area contributed by atoms with E-state index in [1.807, 2.05) is 0 Å². The van der Waals surface area contributed by atoms with Gasteiger partial charge in [0.15, 0.2) is 0 Å². The van der Waals surface area contributed by atoms with E-state index in [2.05, 4.69) is 0 Å². The van der Waals surface area contributed by atoms with Gasteiger partial charge in [0.1, 0.15) is 0 Å². The Labute approximate surface area is 191 Å². The molecule has 17 heteroatoms. The molecule has 2 aromatic carbocycles. The van der Waals surface area contributed by atoms with Gasteiger partial charge in [0.25, 0.3) is 5.91 Å². The summed E-state index contributed by atoms with van der Waals surface area (Å²) in [7, 11) is 0. The Morgan fingerprint density at radius 2 is 1.41 bits per heavy atom. The smallest absolute Gasteiger partial charge is 0.319 e. The third kappa shape index (κ3) is 4.45. The first-order valence-electron chi connectivity index (χ1n) is 8.21. The summed E-state index contributed by atoms with van der Waals surface area (Å²) in [6.07, 6.45) is -13.8. The molecule has 0 bridgehead atoms. The van der Waals surface area contributed by atoms with E-state index in [1.54, 1.807) is 5.32 Å². The van der Waals surface area contributed by atoms with E-state index in [1.165, 1.54) is 0 Å². The Balaban J connectivity index is 2.60. The number of nitro groups is 1. The lowest BCUT2D eigenvalue weighted by molar-refractivity contribution is -0.389. The highest BCUT2D eigenvalue weighted by molar-refractivity contribution is 6.40. The molecule has 0 aliphatic carbocycles. The lowest BCUT2D eigenvalue weighted by atomic mass is 9.87. The van der Waals surface area contributed by atoms with Gasteiger partial charge < -0.3 is 5.32 Å². The average molecular weight is 547 g/mol. The van der Waals surface area contributed by atoms with Gasteiger partial charge in [0.05, 0.1) is 26.2 Å². The van der Waals surface area contributed by atoms with Gasteiger partial charge in [-0.25, -0.2) is 4.39 Å². The van der Waals surface area contributed by atoms with Gasteiger partial charge in [-0.05, 0) is 18.2 Å². The largest absolute Gasteiger partial charge is 0.457 e. The second kappa shape index (κ2) is 8.76. The number of hydrogen-bond donors (Lipinski definition) is 1. The molecule has 0 saturated carbocycles. The number of nitrogens with zero attached hydrogens (tertiary/aromatic N) is 1. The molecule has 0 fully saturated rings. The minimum atomic E-state index is -7.00. The second-order valence-corrected chi connectivity index (χ2v) is 7.21. The lowest BCUT2D eigenvalue weighted by Crippen LogP contribution is -2.59. The summed E-state index contributed by atoms with van der Waals surface area (Å²) < 4.78 is 133. The molecule has 0 heterocycles. The maximum atomic E-state index is 14.6. The van der Waals surface area contributed by atoms with Crippen molar-refractivity contribution in [3.63, 3.8) is 0 Å². The fourth-order valence-electron chi connectivity index (χ4n) is 2.63. The van der Waals surface area contributed by atoms with Crippen molar-refractivity contribution in [1.29, 1.82) is 0 Å². The summed E-state index contributed by atoms with van der Waals surface area (Å²) in [6.45, 7) is 0. The van der Waals surface area contributed by atoms with Gasteiger partial charge in [-0.15, -0.1) is 0 Å². The van der Waals surface area contributed by atoms with Crippen LogP contribution in [0.2, 0.25) is 10.0 Å². The van der Waals surface area contributed by atoms with E-state index in [-0.39, 0.29) is 12.1 Å². The van der Waals surface area contributed by atoms with Crippen LogP contribution in [-0.4, -0.2) is 29.1 Å². The van der Waals surface area contributed by atoms with Crippen LogP contribution in [0.4, 0.5) is 55.3 Å². The van der Waals surface area contributed by atoms with Crippen molar-refractivity contribution in [3.8, 4) is 0 Å². The van der Waals surface area contributed by atoms with Gasteiger partial charge in [0.2, 0.25) is 5.82 Å². The normalized spacial score (nSPS) is 14.5. The quantitative estimate of drug-likeness (QED) is 0.244. The summed E-state index contributed by atoms with van der Waals surface area (Å²) in [6, 6.07) is 1.70. The van der Waals surface area contributed by atoms with Gasteiger partial charge in [0, 0.05) is 11.6 Å². The van der Waals surface area contributed by atoms with E-state index in [0.717, 1.165) is 12.1 Å². The number of nitro benzene ring substituents is 1. The summed E-state index contributed by atoms with van der Waals surface area (Å²) in [4.78, 5) is 21.8. The Morgan fingerprint density at radius 3 is 1.82 bits per heavy atom. The number of anilines is 1. The Bertz CT molecular complexity index is 1130. The van der Waals surface area contributed by atoms with E-state index < -0.39 is 73.1 Å².